The van der Waals surface area contributed by atoms with Crippen LogP contribution in [0.25, 0.3) is 10.9 Å². The average Bonchev–Trinajstić information content (AvgIpc) is 2.72. The van der Waals surface area contributed by atoms with E-state index in [1.165, 1.54) is 11.8 Å². The van der Waals surface area contributed by atoms with Crippen molar-refractivity contribution in [3.8, 4) is 0 Å². The second kappa shape index (κ2) is 9.24. The van der Waals surface area contributed by atoms with Gasteiger partial charge in [-0.05, 0) is 24.6 Å². The van der Waals surface area contributed by atoms with Crippen LogP contribution in [0.3, 0.4) is 0 Å². The Morgan fingerprint density at radius 1 is 1.14 bits per heavy atom. The molecule has 0 aliphatic rings. The summed E-state index contributed by atoms with van der Waals surface area (Å²) >= 11 is 1.29. The molecule has 0 aliphatic carbocycles. The number of methoxy groups -OCH3 is 1. The monoisotopic (exact) mass is 411 g/mol. The first-order valence-electron chi connectivity index (χ1n) is 9.37. The van der Waals surface area contributed by atoms with Crippen LogP contribution in [0.5, 0.6) is 0 Å². The van der Waals surface area contributed by atoms with E-state index in [9.17, 15) is 9.59 Å². The van der Waals surface area contributed by atoms with Gasteiger partial charge in [0.15, 0.2) is 5.16 Å². The first-order chi connectivity index (χ1) is 13.9. The molecule has 0 bridgehead atoms. The predicted molar refractivity (Wildman–Crippen MR) is 116 cm³/mol. The summed E-state index contributed by atoms with van der Waals surface area (Å²) in [5.41, 5.74) is 1.35. The van der Waals surface area contributed by atoms with Crippen LogP contribution in [0, 0.1) is 0 Å². The fourth-order valence-corrected chi connectivity index (χ4v) is 4.49. The van der Waals surface area contributed by atoms with Gasteiger partial charge in [0.25, 0.3) is 5.56 Å². The fourth-order valence-electron chi connectivity index (χ4n) is 3.14. The number of likely N-dealkylation sites (N-methyl/N-ethyl adjacent to an activating group) is 1. The van der Waals surface area contributed by atoms with Gasteiger partial charge < -0.3 is 9.64 Å². The number of rotatable bonds is 7. The maximum atomic E-state index is 13.2. The van der Waals surface area contributed by atoms with Gasteiger partial charge in [-0.1, -0.05) is 54.2 Å². The van der Waals surface area contributed by atoms with Gasteiger partial charge in [-0.3, -0.25) is 14.2 Å². The van der Waals surface area contributed by atoms with Crippen molar-refractivity contribution >= 4 is 28.6 Å². The van der Waals surface area contributed by atoms with Crippen LogP contribution in [0.2, 0.25) is 0 Å². The zero-order valence-electron chi connectivity index (χ0n) is 17.0. The molecule has 3 aromatic rings. The number of benzene rings is 2. The molecule has 1 aromatic heterocycles. The number of amides is 1. The number of para-hydroxylation sites is 1. The van der Waals surface area contributed by atoms with E-state index >= 15 is 0 Å². The van der Waals surface area contributed by atoms with Gasteiger partial charge in [0.05, 0.1) is 23.6 Å². The third-order valence-electron chi connectivity index (χ3n) is 4.61. The molecule has 1 amide bonds. The summed E-state index contributed by atoms with van der Waals surface area (Å²) in [6.07, 6.45) is 0. The third kappa shape index (κ3) is 4.52. The molecule has 2 atom stereocenters. The van der Waals surface area contributed by atoms with Crippen LogP contribution in [-0.2, 0) is 9.53 Å². The molecule has 0 saturated carbocycles. The maximum absolute atomic E-state index is 13.2. The van der Waals surface area contributed by atoms with Crippen LogP contribution in [-0.4, -0.2) is 48.2 Å². The van der Waals surface area contributed by atoms with E-state index in [1.54, 1.807) is 36.7 Å². The van der Waals surface area contributed by atoms with Gasteiger partial charge in [0.2, 0.25) is 5.91 Å². The number of nitrogens with zero attached hydrogens (tertiary/aromatic N) is 3. The highest BCUT2D eigenvalue weighted by Crippen LogP contribution is 2.36. The minimum atomic E-state index is -0.514. The second-order valence-corrected chi connectivity index (χ2v) is 8.10. The molecule has 0 aliphatic heterocycles. The molecule has 0 saturated heterocycles. The Hall–Kier alpha value is -2.64. The smallest absolute Gasteiger partial charge is 0.262 e. The van der Waals surface area contributed by atoms with E-state index in [0.717, 1.165) is 5.56 Å². The van der Waals surface area contributed by atoms with Gasteiger partial charge in [-0.2, -0.15) is 0 Å². The molecule has 2 aromatic carbocycles. The van der Waals surface area contributed by atoms with Crippen LogP contribution in [0.4, 0.5) is 0 Å². The highest BCUT2D eigenvalue weighted by molar-refractivity contribution is 8.00. The number of fused-ring (bicyclic) bond motifs is 1. The molecule has 0 fully saturated rings. The van der Waals surface area contributed by atoms with Crippen LogP contribution in [0.1, 0.15) is 23.8 Å². The zero-order valence-corrected chi connectivity index (χ0v) is 17.8. The number of carbonyl (C=O) groups excluding carboxylic acids is 1. The molecular formula is C22H25N3O3S. The number of thioether (sulfide) groups is 1. The average molecular weight is 412 g/mol. The molecule has 1 heterocycles. The molecule has 152 valence electrons. The van der Waals surface area contributed by atoms with Crippen molar-refractivity contribution in [1.29, 1.82) is 0 Å². The van der Waals surface area contributed by atoms with Gasteiger partial charge in [0, 0.05) is 21.2 Å². The highest BCUT2D eigenvalue weighted by Gasteiger charge is 2.27. The van der Waals surface area contributed by atoms with Crippen LogP contribution >= 0.6 is 11.8 Å². The van der Waals surface area contributed by atoms with Gasteiger partial charge in [-0.15, -0.1) is 0 Å². The SMILES string of the molecule is COC[C@@H](C)n1c(S[C@@H](C(=O)N(C)C)c2ccccc2)nc2ccccc2c1=O. The summed E-state index contributed by atoms with van der Waals surface area (Å²) in [6, 6.07) is 16.6. The molecule has 7 heteroatoms. The van der Waals surface area contributed by atoms with E-state index in [-0.39, 0.29) is 17.5 Å². The van der Waals surface area contributed by atoms with Crippen molar-refractivity contribution < 1.29 is 9.53 Å². The molecule has 0 unspecified atom stereocenters. The quantitative estimate of drug-likeness (QED) is 0.440. The lowest BCUT2D eigenvalue weighted by molar-refractivity contribution is -0.128. The second-order valence-electron chi connectivity index (χ2n) is 7.03. The molecule has 0 radical (unpaired) electrons. The Labute approximate surface area is 174 Å². The predicted octanol–water partition coefficient (Wildman–Crippen LogP) is 3.53. The molecule has 3 rings (SSSR count). The summed E-state index contributed by atoms with van der Waals surface area (Å²) < 4.78 is 6.92. The summed E-state index contributed by atoms with van der Waals surface area (Å²) in [5.74, 6) is -0.0606. The number of carbonyl (C=O) groups is 1. The molecule has 0 N–H and O–H groups in total. The third-order valence-corrected chi connectivity index (χ3v) is 5.82. The van der Waals surface area contributed by atoms with E-state index in [1.807, 2.05) is 55.5 Å². The highest BCUT2D eigenvalue weighted by atomic mass is 32.2. The summed E-state index contributed by atoms with van der Waals surface area (Å²) in [4.78, 5) is 32.5. The van der Waals surface area contributed by atoms with Crippen molar-refractivity contribution in [2.45, 2.75) is 23.4 Å². The standard InChI is InChI=1S/C22H25N3O3S/c1-15(14-28-4)25-20(26)17-12-8-9-13-18(17)23-22(25)29-19(21(27)24(2)3)16-10-6-5-7-11-16/h5-13,15,19H,14H2,1-4H3/t15-,19-/m1/s1. The van der Waals surface area contributed by atoms with E-state index in [2.05, 4.69) is 0 Å². The van der Waals surface area contributed by atoms with Gasteiger partial charge >= 0.3 is 0 Å². The molecule has 29 heavy (non-hydrogen) atoms. The molecular weight excluding hydrogens is 386 g/mol. The Morgan fingerprint density at radius 2 is 1.79 bits per heavy atom. The lowest BCUT2D eigenvalue weighted by atomic mass is 10.1. The Balaban J connectivity index is 2.16. The first-order valence-corrected chi connectivity index (χ1v) is 10.2. The molecule has 6 nitrogen and oxygen atoms in total. The maximum Gasteiger partial charge on any atom is 0.262 e. The number of ether oxygens (including phenoxy) is 1. The topological polar surface area (TPSA) is 64.4 Å². The van der Waals surface area contributed by atoms with Crippen LogP contribution in [0.15, 0.2) is 64.5 Å². The largest absolute Gasteiger partial charge is 0.383 e. The van der Waals surface area contributed by atoms with Crippen molar-refractivity contribution in [3.63, 3.8) is 0 Å². The Kier molecular flexibility index (Phi) is 6.71. The van der Waals surface area contributed by atoms with Crippen molar-refractivity contribution in [3.05, 3.63) is 70.5 Å². The van der Waals surface area contributed by atoms with Crippen molar-refractivity contribution in [1.82, 2.24) is 14.5 Å². The van der Waals surface area contributed by atoms with Crippen molar-refractivity contribution in [2.24, 2.45) is 0 Å². The minimum absolute atomic E-state index is 0.0606. The minimum Gasteiger partial charge on any atom is -0.383 e. The Morgan fingerprint density at radius 3 is 2.45 bits per heavy atom. The number of hydrogen-bond donors (Lipinski definition) is 0. The first kappa shape index (κ1) is 21.1. The normalized spacial score (nSPS) is 13.2. The fraction of sp³-hybridized carbons (Fsp3) is 0.318. The lowest BCUT2D eigenvalue weighted by Crippen LogP contribution is -2.30. The summed E-state index contributed by atoms with van der Waals surface area (Å²) in [6.45, 7) is 2.28. The molecule has 0 spiro atoms. The lowest BCUT2D eigenvalue weighted by Gasteiger charge is -2.24. The van der Waals surface area contributed by atoms with Gasteiger partial charge in [-0.25, -0.2) is 4.98 Å². The summed E-state index contributed by atoms with van der Waals surface area (Å²) in [7, 11) is 5.06. The Bertz CT molecular complexity index is 1050. The van der Waals surface area contributed by atoms with Crippen molar-refractivity contribution in [2.75, 3.05) is 27.8 Å². The van der Waals surface area contributed by atoms with E-state index < -0.39 is 5.25 Å². The number of hydrogen-bond acceptors (Lipinski definition) is 5. The van der Waals surface area contributed by atoms with Crippen LogP contribution < -0.4 is 5.56 Å². The van der Waals surface area contributed by atoms with Gasteiger partial charge in [0.1, 0.15) is 5.25 Å². The summed E-state index contributed by atoms with van der Waals surface area (Å²) in [5, 5.41) is 0.539. The number of aromatic nitrogens is 2. The van der Waals surface area contributed by atoms with E-state index in [0.29, 0.717) is 22.7 Å². The van der Waals surface area contributed by atoms with E-state index in [4.69, 9.17) is 9.72 Å². The zero-order chi connectivity index (χ0) is 21.0.